The molecule has 0 spiro atoms. The highest BCUT2D eigenvalue weighted by molar-refractivity contribution is 6.11. The normalized spacial score (nSPS) is 12.4. The van der Waals surface area contributed by atoms with Crippen molar-refractivity contribution >= 4 is 89.7 Å². The summed E-state index contributed by atoms with van der Waals surface area (Å²) in [5.74, 6) is 0. The Morgan fingerprint density at radius 1 is 0.295 bits per heavy atom. The van der Waals surface area contributed by atoms with Crippen LogP contribution in [0.3, 0.4) is 0 Å². The number of aromatic nitrogens is 3. The summed E-state index contributed by atoms with van der Waals surface area (Å²) in [5, 5.41) is 8.09. The van der Waals surface area contributed by atoms with Crippen LogP contribution >= 0.6 is 0 Å². The number of para-hydroxylation sites is 2. The van der Waals surface area contributed by atoms with Gasteiger partial charge in [0, 0.05) is 85.1 Å². The second kappa shape index (κ2) is 18.9. The van der Waals surface area contributed by atoms with E-state index in [1.807, 2.05) is 0 Å². The van der Waals surface area contributed by atoms with Crippen LogP contribution in [0.2, 0.25) is 0 Å². The lowest BCUT2D eigenvalue weighted by Crippen LogP contribution is -1.98. The van der Waals surface area contributed by atoms with E-state index in [0.717, 1.165) is 19.6 Å². The summed E-state index contributed by atoms with van der Waals surface area (Å²) in [4.78, 5) is 0. The average molecular weight is 802 g/mol. The molecular formula is C58H63N3. The topological polar surface area (TPSA) is 14.8 Å². The molecule has 61 heavy (non-hydrogen) atoms. The molecule has 6 aromatic carbocycles. The van der Waals surface area contributed by atoms with Crippen molar-refractivity contribution in [2.45, 2.75) is 117 Å². The predicted octanol–water partition coefficient (Wildman–Crippen LogP) is 17.1. The minimum Gasteiger partial charge on any atom is -0.340 e. The molecule has 0 unspecified atom stereocenters. The molecule has 0 aliphatic rings. The predicted molar refractivity (Wildman–Crippen MR) is 269 cm³/mol. The zero-order valence-electron chi connectivity index (χ0n) is 36.8. The van der Waals surface area contributed by atoms with E-state index < -0.39 is 0 Å². The van der Waals surface area contributed by atoms with E-state index in [4.69, 9.17) is 0 Å². The van der Waals surface area contributed by atoms with Crippen molar-refractivity contribution in [2.24, 2.45) is 0 Å². The molecule has 0 saturated carbocycles. The Morgan fingerprint density at radius 3 is 0.885 bits per heavy atom. The third-order valence-corrected chi connectivity index (χ3v) is 13.2. The SMILES string of the molecule is CCCCCCn1c2ccccc2c2ccc(/C=C/c3ccc4c5ccc(/C=C/c6ccc7c8ccccc8n(CCCCCC)c7c6)cc5n(CCCCCC)c4c3)cc21. The van der Waals surface area contributed by atoms with Crippen LogP contribution in [0.25, 0.3) is 89.7 Å². The van der Waals surface area contributed by atoms with E-state index in [9.17, 15) is 0 Å². The number of aryl methyl sites for hydroxylation is 3. The van der Waals surface area contributed by atoms with Gasteiger partial charge < -0.3 is 13.7 Å². The van der Waals surface area contributed by atoms with E-state index in [0.29, 0.717) is 0 Å². The summed E-state index contributed by atoms with van der Waals surface area (Å²) >= 11 is 0. The van der Waals surface area contributed by atoms with Crippen molar-refractivity contribution in [2.75, 3.05) is 0 Å². The first kappa shape index (κ1) is 40.6. The fraction of sp³-hybridized carbons (Fsp3) is 0.310. The fourth-order valence-electron chi connectivity index (χ4n) is 9.87. The van der Waals surface area contributed by atoms with E-state index in [1.54, 1.807) is 0 Å². The van der Waals surface area contributed by atoms with Gasteiger partial charge in [0.25, 0.3) is 0 Å². The third-order valence-electron chi connectivity index (χ3n) is 13.2. The molecule has 3 aromatic heterocycles. The van der Waals surface area contributed by atoms with Gasteiger partial charge in [0.2, 0.25) is 0 Å². The van der Waals surface area contributed by atoms with Gasteiger partial charge in [-0.3, -0.25) is 0 Å². The molecule has 3 heterocycles. The zero-order chi connectivity index (χ0) is 41.5. The minimum absolute atomic E-state index is 1.03. The van der Waals surface area contributed by atoms with Gasteiger partial charge in [-0.2, -0.15) is 0 Å². The summed E-state index contributed by atoms with van der Waals surface area (Å²) in [5.41, 5.74) is 13.0. The van der Waals surface area contributed by atoms with Gasteiger partial charge in [0.1, 0.15) is 0 Å². The van der Waals surface area contributed by atoms with Crippen LogP contribution in [0.5, 0.6) is 0 Å². The molecule has 0 atom stereocenters. The highest BCUT2D eigenvalue weighted by Gasteiger charge is 2.14. The largest absolute Gasteiger partial charge is 0.340 e. The first-order valence-corrected chi connectivity index (χ1v) is 23.6. The molecule has 0 radical (unpaired) electrons. The molecule has 9 rings (SSSR count). The number of unbranched alkanes of at least 4 members (excludes halogenated alkanes) is 9. The summed E-state index contributed by atoms with van der Waals surface area (Å²) in [6.45, 7) is 10.0. The monoisotopic (exact) mass is 802 g/mol. The Balaban J connectivity index is 1.03. The van der Waals surface area contributed by atoms with Gasteiger partial charge in [0.15, 0.2) is 0 Å². The highest BCUT2D eigenvalue weighted by atomic mass is 15.0. The van der Waals surface area contributed by atoms with E-state index in [2.05, 4.69) is 180 Å². The molecule has 0 aliphatic heterocycles. The van der Waals surface area contributed by atoms with Crippen molar-refractivity contribution in [3.8, 4) is 0 Å². The van der Waals surface area contributed by atoms with Gasteiger partial charge in [0.05, 0.1) is 0 Å². The molecule has 0 bridgehead atoms. The van der Waals surface area contributed by atoms with Crippen LogP contribution in [-0.4, -0.2) is 13.7 Å². The van der Waals surface area contributed by atoms with Crippen molar-refractivity contribution < 1.29 is 0 Å². The van der Waals surface area contributed by atoms with Crippen molar-refractivity contribution in [3.05, 3.63) is 144 Å². The first-order valence-electron chi connectivity index (χ1n) is 23.6. The summed E-state index contributed by atoms with van der Waals surface area (Å²) in [6, 6.07) is 46.0. The highest BCUT2D eigenvalue weighted by Crippen LogP contribution is 2.35. The average Bonchev–Trinajstić information content (AvgIpc) is 3.90. The smallest absolute Gasteiger partial charge is 0.0497 e. The lowest BCUT2D eigenvalue weighted by atomic mass is 10.1. The molecule has 0 N–H and O–H groups in total. The fourth-order valence-corrected chi connectivity index (χ4v) is 9.87. The molecule has 3 nitrogen and oxygen atoms in total. The molecule has 310 valence electrons. The van der Waals surface area contributed by atoms with Gasteiger partial charge in [-0.15, -0.1) is 0 Å². The van der Waals surface area contributed by atoms with Gasteiger partial charge in [-0.25, -0.2) is 0 Å². The van der Waals surface area contributed by atoms with Crippen LogP contribution in [0.15, 0.2) is 121 Å². The molecular weight excluding hydrogens is 739 g/mol. The van der Waals surface area contributed by atoms with Crippen molar-refractivity contribution in [1.29, 1.82) is 0 Å². The van der Waals surface area contributed by atoms with Crippen LogP contribution < -0.4 is 0 Å². The maximum absolute atomic E-state index is 2.60. The lowest BCUT2D eigenvalue weighted by Gasteiger charge is -2.09. The van der Waals surface area contributed by atoms with Crippen LogP contribution in [0.1, 0.15) is 120 Å². The lowest BCUT2D eigenvalue weighted by molar-refractivity contribution is 0.602. The molecule has 0 amide bonds. The second-order valence-electron chi connectivity index (χ2n) is 17.4. The first-order chi connectivity index (χ1) is 30.1. The minimum atomic E-state index is 1.03. The summed E-state index contributed by atoms with van der Waals surface area (Å²) in [7, 11) is 0. The van der Waals surface area contributed by atoms with Gasteiger partial charge in [-0.1, -0.05) is 188 Å². The number of hydrogen-bond donors (Lipinski definition) is 0. The summed E-state index contributed by atoms with van der Waals surface area (Å²) < 4.78 is 7.71. The van der Waals surface area contributed by atoms with Crippen molar-refractivity contribution in [3.63, 3.8) is 0 Å². The maximum Gasteiger partial charge on any atom is 0.0497 e. The van der Waals surface area contributed by atoms with E-state index in [1.165, 1.54) is 165 Å². The second-order valence-corrected chi connectivity index (χ2v) is 17.4. The molecule has 9 aromatic rings. The van der Waals surface area contributed by atoms with Gasteiger partial charge >= 0.3 is 0 Å². The molecule has 0 aliphatic carbocycles. The van der Waals surface area contributed by atoms with E-state index in [-0.39, 0.29) is 0 Å². The van der Waals surface area contributed by atoms with Crippen LogP contribution in [0, 0.1) is 0 Å². The number of nitrogens with zero attached hydrogens (tertiary/aromatic N) is 3. The zero-order valence-corrected chi connectivity index (χ0v) is 36.8. The third kappa shape index (κ3) is 8.45. The van der Waals surface area contributed by atoms with Crippen LogP contribution in [-0.2, 0) is 19.6 Å². The van der Waals surface area contributed by atoms with Gasteiger partial charge in [-0.05, 0) is 77.9 Å². The Morgan fingerprint density at radius 2 is 0.574 bits per heavy atom. The maximum atomic E-state index is 2.60. The molecule has 0 fully saturated rings. The standard InChI is InChI=1S/C58H63N3/c1-4-7-10-17-36-59-53-22-15-13-20-47(53)49-32-28-43(39-55(49)59)24-26-45-30-34-51-52-35-31-46(42-58(52)61(57(51)41-45)38-19-12-9-6-3)27-25-44-29-33-50-48-21-14-16-23-54(48)60(56(50)40-44)37-18-11-8-5-2/h13-16,20-35,39-42H,4-12,17-19,36-38H2,1-3H3/b26-24+,27-25+. The number of rotatable bonds is 19. The Labute approximate surface area is 363 Å². The molecule has 3 heteroatoms. The number of hydrogen-bond acceptors (Lipinski definition) is 0. The number of benzene rings is 6. The Bertz CT molecular complexity index is 2800. The Hall–Kier alpha value is -5.80. The molecule has 0 saturated heterocycles. The van der Waals surface area contributed by atoms with Crippen LogP contribution in [0.4, 0.5) is 0 Å². The van der Waals surface area contributed by atoms with E-state index >= 15 is 0 Å². The summed E-state index contributed by atoms with van der Waals surface area (Å²) in [6.07, 6.45) is 24.3. The Kier molecular flexibility index (Phi) is 12.5. The quantitative estimate of drug-likeness (QED) is 0.0571. The number of fused-ring (bicyclic) bond motifs is 9. The van der Waals surface area contributed by atoms with Crippen molar-refractivity contribution in [1.82, 2.24) is 13.7 Å².